The highest BCUT2D eigenvalue weighted by Gasteiger charge is 2.18. The molecule has 3 rings (SSSR count). The molecule has 0 aliphatic rings. The summed E-state index contributed by atoms with van der Waals surface area (Å²) in [5, 5.41) is 20.5. The molecule has 0 atom stereocenters. The van der Waals surface area contributed by atoms with E-state index in [1.807, 2.05) is 54.0 Å². The SMILES string of the molecule is Cc1ccccc1-n1c(SCC(=O)NCCC#N)nnc1-c1ccncc1. The van der Waals surface area contributed by atoms with E-state index < -0.39 is 0 Å². The Morgan fingerprint density at radius 2 is 2.00 bits per heavy atom. The quantitative estimate of drug-likeness (QED) is 0.502. The maximum atomic E-state index is 12.0. The third kappa shape index (κ3) is 4.51. The Labute approximate surface area is 161 Å². The van der Waals surface area contributed by atoms with E-state index in [0.717, 1.165) is 16.8 Å². The Kier molecular flexibility index (Phi) is 6.18. The number of nitrogens with one attached hydrogen (secondary N) is 1. The molecule has 2 aromatic heterocycles. The summed E-state index contributed by atoms with van der Waals surface area (Å²) in [6, 6.07) is 13.7. The highest BCUT2D eigenvalue weighted by Crippen LogP contribution is 2.29. The largest absolute Gasteiger partial charge is 0.354 e. The van der Waals surface area contributed by atoms with Crippen molar-refractivity contribution in [1.82, 2.24) is 25.1 Å². The number of carbonyl (C=O) groups is 1. The highest BCUT2D eigenvalue weighted by molar-refractivity contribution is 7.99. The molecule has 2 heterocycles. The summed E-state index contributed by atoms with van der Waals surface area (Å²) in [5.41, 5.74) is 2.93. The number of carbonyl (C=O) groups excluding carboxylic acids is 1. The first-order chi connectivity index (χ1) is 13.2. The number of nitrogens with zero attached hydrogens (tertiary/aromatic N) is 5. The Morgan fingerprint density at radius 1 is 1.22 bits per heavy atom. The predicted octanol–water partition coefficient (Wildman–Crippen LogP) is 2.76. The van der Waals surface area contributed by atoms with Crippen molar-refractivity contribution < 1.29 is 4.79 Å². The molecule has 8 heteroatoms. The van der Waals surface area contributed by atoms with Gasteiger partial charge in [0.2, 0.25) is 5.91 Å². The van der Waals surface area contributed by atoms with Crippen LogP contribution in [0.4, 0.5) is 0 Å². The van der Waals surface area contributed by atoms with Gasteiger partial charge in [-0.2, -0.15) is 5.26 Å². The summed E-state index contributed by atoms with van der Waals surface area (Å²) >= 11 is 1.31. The molecule has 7 nitrogen and oxygen atoms in total. The molecule has 0 saturated carbocycles. The molecule has 1 amide bonds. The maximum absolute atomic E-state index is 12.0. The summed E-state index contributed by atoms with van der Waals surface area (Å²) in [5.74, 6) is 0.755. The van der Waals surface area contributed by atoms with Crippen molar-refractivity contribution in [2.24, 2.45) is 0 Å². The molecule has 0 fully saturated rings. The van der Waals surface area contributed by atoms with Crippen LogP contribution in [0.1, 0.15) is 12.0 Å². The van der Waals surface area contributed by atoms with Crippen LogP contribution in [0.25, 0.3) is 17.1 Å². The molecule has 0 aliphatic heterocycles. The van der Waals surface area contributed by atoms with Crippen molar-refractivity contribution >= 4 is 17.7 Å². The van der Waals surface area contributed by atoms with Crippen LogP contribution in [0.5, 0.6) is 0 Å². The molecule has 0 aliphatic carbocycles. The first-order valence-corrected chi connectivity index (χ1v) is 9.37. The number of thioether (sulfide) groups is 1. The number of aryl methyl sites for hydroxylation is 1. The van der Waals surface area contributed by atoms with Crippen molar-refractivity contribution in [3.63, 3.8) is 0 Å². The van der Waals surface area contributed by atoms with Crippen molar-refractivity contribution in [3.05, 3.63) is 54.4 Å². The van der Waals surface area contributed by atoms with Crippen LogP contribution in [-0.2, 0) is 4.79 Å². The molecule has 1 aromatic carbocycles. The second kappa shape index (κ2) is 8.96. The van der Waals surface area contributed by atoms with Crippen molar-refractivity contribution in [1.29, 1.82) is 5.26 Å². The lowest BCUT2D eigenvalue weighted by atomic mass is 10.2. The molecule has 0 saturated heterocycles. The maximum Gasteiger partial charge on any atom is 0.230 e. The second-order valence-corrected chi connectivity index (χ2v) is 6.65. The number of amides is 1. The Morgan fingerprint density at radius 3 is 2.74 bits per heavy atom. The van der Waals surface area contributed by atoms with Gasteiger partial charge in [-0.15, -0.1) is 10.2 Å². The lowest BCUT2D eigenvalue weighted by Gasteiger charge is -2.12. The Bertz CT molecular complexity index is 964. The number of hydrogen-bond acceptors (Lipinski definition) is 6. The van der Waals surface area contributed by atoms with Gasteiger partial charge in [0.1, 0.15) is 0 Å². The van der Waals surface area contributed by atoms with Gasteiger partial charge in [-0.25, -0.2) is 0 Å². The molecule has 0 radical (unpaired) electrons. The number of hydrogen-bond donors (Lipinski definition) is 1. The van der Waals surface area contributed by atoms with Gasteiger partial charge in [-0.1, -0.05) is 30.0 Å². The normalized spacial score (nSPS) is 10.4. The van der Waals surface area contributed by atoms with E-state index in [1.165, 1.54) is 11.8 Å². The van der Waals surface area contributed by atoms with E-state index in [-0.39, 0.29) is 11.7 Å². The van der Waals surface area contributed by atoms with Crippen LogP contribution >= 0.6 is 11.8 Å². The topological polar surface area (TPSA) is 96.5 Å². The molecular weight excluding hydrogens is 360 g/mol. The molecule has 136 valence electrons. The van der Waals surface area contributed by atoms with Gasteiger partial charge >= 0.3 is 0 Å². The van der Waals surface area contributed by atoms with Crippen LogP contribution in [0.3, 0.4) is 0 Å². The van der Waals surface area contributed by atoms with Crippen LogP contribution < -0.4 is 5.32 Å². The van der Waals surface area contributed by atoms with Crippen LogP contribution in [0.2, 0.25) is 0 Å². The zero-order valence-corrected chi connectivity index (χ0v) is 15.6. The minimum Gasteiger partial charge on any atom is -0.354 e. The molecule has 1 N–H and O–H groups in total. The smallest absolute Gasteiger partial charge is 0.230 e. The van der Waals surface area contributed by atoms with Gasteiger partial charge in [-0.3, -0.25) is 14.3 Å². The van der Waals surface area contributed by atoms with E-state index in [4.69, 9.17) is 5.26 Å². The van der Waals surface area contributed by atoms with Crippen LogP contribution in [0.15, 0.2) is 53.9 Å². The fourth-order valence-corrected chi connectivity index (χ4v) is 3.30. The third-order valence-corrected chi connectivity index (χ3v) is 4.75. The molecule has 0 bridgehead atoms. The summed E-state index contributed by atoms with van der Waals surface area (Å²) in [6.45, 7) is 2.37. The number of nitriles is 1. The predicted molar refractivity (Wildman–Crippen MR) is 103 cm³/mol. The lowest BCUT2D eigenvalue weighted by Crippen LogP contribution is -2.26. The van der Waals surface area contributed by atoms with Gasteiger partial charge in [0.25, 0.3) is 0 Å². The Balaban J connectivity index is 1.91. The first kappa shape index (κ1) is 18.6. The number of rotatable bonds is 7. The summed E-state index contributed by atoms with van der Waals surface area (Å²) in [6.07, 6.45) is 3.71. The van der Waals surface area contributed by atoms with Crippen molar-refractivity contribution in [2.75, 3.05) is 12.3 Å². The molecular formula is C19H18N6OS. The standard InChI is InChI=1S/C19H18N6OS/c1-14-5-2-3-6-16(14)25-18(15-7-11-21-12-8-15)23-24-19(25)27-13-17(26)22-10-4-9-20/h2-3,5-8,11-12H,4,10,13H2,1H3,(H,22,26). The second-order valence-electron chi connectivity index (χ2n) is 5.71. The fraction of sp³-hybridized carbons (Fsp3) is 0.211. The summed E-state index contributed by atoms with van der Waals surface area (Å²) in [4.78, 5) is 16.0. The van der Waals surface area contributed by atoms with E-state index in [1.54, 1.807) is 12.4 Å². The van der Waals surface area contributed by atoms with E-state index >= 15 is 0 Å². The minimum atomic E-state index is -0.139. The molecule has 0 unspecified atom stereocenters. The molecule has 27 heavy (non-hydrogen) atoms. The van der Waals surface area contributed by atoms with Crippen LogP contribution in [0, 0.1) is 18.3 Å². The number of aromatic nitrogens is 4. The van der Waals surface area contributed by atoms with Gasteiger partial charge in [0.15, 0.2) is 11.0 Å². The van der Waals surface area contributed by atoms with Crippen LogP contribution in [-0.4, -0.2) is 38.0 Å². The van der Waals surface area contributed by atoms with E-state index in [9.17, 15) is 4.79 Å². The first-order valence-electron chi connectivity index (χ1n) is 8.39. The zero-order chi connectivity index (χ0) is 19.1. The summed E-state index contributed by atoms with van der Waals surface area (Å²) < 4.78 is 1.96. The fourth-order valence-electron chi connectivity index (χ4n) is 2.52. The minimum absolute atomic E-state index is 0.139. The molecule has 3 aromatic rings. The average molecular weight is 378 g/mol. The highest BCUT2D eigenvalue weighted by atomic mass is 32.2. The van der Waals surface area contributed by atoms with Crippen molar-refractivity contribution in [2.45, 2.75) is 18.5 Å². The van der Waals surface area contributed by atoms with Crippen molar-refractivity contribution in [3.8, 4) is 23.1 Å². The van der Waals surface area contributed by atoms with E-state index in [2.05, 4.69) is 20.5 Å². The number of para-hydroxylation sites is 1. The monoisotopic (exact) mass is 378 g/mol. The average Bonchev–Trinajstić information content (AvgIpc) is 3.11. The van der Waals surface area contributed by atoms with Gasteiger partial charge in [-0.05, 0) is 30.7 Å². The Hall–Kier alpha value is -3.18. The zero-order valence-electron chi connectivity index (χ0n) is 14.8. The van der Waals surface area contributed by atoms with E-state index in [0.29, 0.717) is 23.9 Å². The summed E-state index contributed by atoms with van der Waals surface area (Å²) in [7, 11) is 0. The number of pyridine rings is 1. The van der Waals surface area contributed by atoms with Gasteiger partial charge in [0.05, 0.1) is 23.9 Å². The lowest BCUT2D eigenvalue weighted by molar-refractivity contribution is -0.118. The van der Waals surface area contributed by atoms with Gasteiger partial charge < -0.3 is 5.32 Å². The number of benzene rings is 1. The van der Waals surface area contributed by atoms with Gasteiger partial charge in [0, 0.05) is 24.5 Å². The third-order valence-electron chi connectivity index (χ3n) is 3.82. The molecule has 0 spiro atoms.